The van der Waals surface area contributed by atoms with E-state index < -0.39 is 0 Å². The first kappa shape index (κ1) is 37.0. The molecular weight excluding hydrogens is 779 g/mol. The van der Waals surface area contributed by atoms with Gasteiger partial charge in [0.25, 0.3) is 0 Å². The highest BCUT2D eigenvalue weighted by molar-refractivity contribution is 6.11. The number of rotatable bonds is 7. The van der Waals surface area contributed by atoms with Gasteiger partial charge < -0.3 is 4.57 Å². The third-order valence-corrected chi connectivity index (χ3v) is 12.4. The molecule has 9 aromatic carbocycles. The molecule has 0 aliphatic carbocycles. The molecule has 5 nitrogen and oxygen atoms in total. The van der Waals surface area contributed by atoms with E-state index in [1.165, 1.54) is 32.9 Å². The molecule has 0 N–H and O–H groups in total. The number of fused-ring (bicyclic) bond motifs is 6. The van der Waals surface area contributed by atoms with Gasteiger partial charge in [0.2, 0.25) is 5.95 Å². The number of benzene rings is 9. The average molecular weight is 816 g/mol. The van der Waals surface area contributed by atoms with Gasteiger partial charge in [-0.25, -0.2) is 9.97 Å². The van der Waals surface area contributed by atoms with Crippen LogP contribution in [0.4, 0.5) is 0 Å². The molecule has 64 heavy (non-hydrogen) atoms. The van der Waals surface area contributed by atoms with Crippen molar-refractivity contribution in [3.8, 4) is 73.6 Å². The second kappa shape index (κ2) is 15.3. The Balaban J connectivity index is 0.933. The van der Waals surface area contributed by atoms with Crippen LogP contribution in [-0.4, -0.2) is 19.1 Å². The Morgan fingerprint density at radius 2 is 0.719 bits per heavy atom. The number of aromatic nitrogens is 4. The summed E-state index contributed by atoms with van der Waals surface area (Å²) in [6, 6.07) is 81.1. The van der Waals surface area contributed by atoms with Crippen LogP contribution in [0, 0.1) is 11.3 Å². The fraction of sp³-hybridized carbons (Fsp3) is 0. The van der Waals surface area contributed by atoms with Crippen LogP contribution in [0.25, 0.3) is 111 Å². The maximum atomic E-state index is 9.47. The Morgan fingerprint density at radius 3 is 1.27 bits per heavy atom. The zero-order chi connectivity index (χ0) is 42.6. The fourth-order valence-electron chi connectivity index (χ4n) is 9.29. The van der Waals surface area contributed by atoms with Crippen molar-refractivity contribution < 1.29 is 0 Å². The van der Waals surface area contributed by atoms with Gasteiger partial charge in [0.1, 0.15) is 0 Å². The number of para-hydroxylation sites is 3. The number of nitrogens with zero attached hydrogens (tertiary/aromatic N) is 5. The highest BCUT2D eigenvalue weighted by Crippen LogP contribution is 2.39. The Morgan fingerprint density at radius 1 is 0.312 bits per heavy atom. The molecule has 298 valence electrons. The minimum Gasteiger partial charge on any atom is -0.309 e. The van der Waals surface area contributed by atoms with Gasteiger partial charge >= 0.3 is 0 Å². The van der Waals surface area contributed by atoms with Crippen molar-refractivity contribution in [2.24, 2.45) is 0 Å². The lowest BCUT2D eigenvalue weighted by molar-refractivity contribution is 0.995. The quantitative estimate of drug-likeness (QED) is 0.161. The summed E-state index contributed by atoms with van der Waals surface area (Å²) < 4.78 is 4.53. The normalized spacial score (nSPS) is 11.4. The van der Waals surface area contributed by atoms with E-state index in [4.69, 9.17) is 9.97 Å². The van der Waals surface area contributed by atoms with E-state index in [1.807, 2.05) is 48.5 Å². The Bertz CT molecular complexity index is 3780. The summed E-state index contributed by atoms with van der Waals surface area (Å²) in [6.45, 7) is 0. The summed E-state index contributed by atoms with van der Waals surface area (Å²) in [5, 5.41) is 14.2. The minimum atomic E-state index is 0.586. The molecule has 0 aliphatic rings. The average Bonchev–Trinajstić information content (AvgIpc) is 3.89. The number of hydrogen-bond acceptors (Lipinski definition) is 3. The molecular formula is C59H37N5. The van der Waals surface area contributed by atoms with Gasteiger partial charge in [0.05, 0.1) is 45.1 Å². The third kappa shape index (κ3) is 6.33. The first-order valence-corrected chi connectivity index (χ1v) is 21.5. The van der Waals surface area contributed by atoms with Crippen LogP contribution in [0.5, 0.6) is 0 Å². The van der Waals surface area contributed by atoms with Gasteiger partial charge in [0, 0.05) is 38.4 Å². The molecule has 12 aromatic rings. The molecule has 0 unspecified atom stereocenters. The van der Waals surface area contributed by atoms with E-state index in [0.29, 0.717) is 11.5 Å². The molecule has 12 rings (SSSR count). The van der Waals surface area contributed by atoms with Crippen molar-refractivity contribution in [2.75, 3.05) is 0 Å². The lowest BCUT2D eigenvalue weighted by Gasteiger charge is -2.12. The molecule has 0 radical (unpaired) electrons. The number of nitriles is 1. The predicted octanol–water partition coefficient (Wildman–Crippen LogP) is 14.9. The highest BCUT2D eigenvalue weighted by Gasteiger charge is 2.19. The largest absolute Gasteiger partial charge is 0.309 e. The van der Waals surface area contributed by atoms with E-state index in [9.17, 15) is 5.26 Å². The standard InChI is InChI=1S/C59H37N5/c60-38-39-25-27-41(28-26-39)54-37-53(40-13-3-1-4-14-40)61-59(62-54)64-56-24-10-8-22-50(56)52-36-47(30-32-58(52)64)45-18-12-16-43(34-45)42-15-11-17-44(33-42)46-29-31-57-51(35-46)49-21-7-9-23-55(49)63(57)48-19-5-2-6-20-48/h1-37H. The van der Waals surface area contributed by atoms with Crippen molar-refractivity contribution in [1.29, 1.82) is 5.26 Å². The molecule has 0 amide bonds. The van der Waals surface area contributed by atoms with E-state index >= 15 is 0 Å². The van der Waals surface area contributed by atoms with Crippen molar-refractivity contribution in [2.45, 2.75) is 0 Å². The summed E-state index contributed by atoms with van der Waals surface area (Å²) >= 11 is 0. The lowest BCUT2D eigenvalue weighted by atomic mass is 9.95. The summed E-state index contributed by atoms with van der Waals surface area (Å²) in [4.78, 5) is 10.4. The van der Waals surface area contributed by atoms with Gasteiger partial charge in [-0.05, 0) is 112 Å². The van der Waals surface area contributed by atoms with E-state index in [2.05, 4.69) is 191 Å². The third-order valence-electron chi connectivity index (χ3n) is 12.4. The monoisotopic (exact) mass is 815 g/mol. The predicted molar refractivity (Wildman–Crippen MR) is 263 cm³/mol. The zero-order valence-electron chi connectivity index (χ0n) is 34.6. The lowest BCUT2D eigenvalue weighted by Crippen LogP contribution is -2.04. The van der Waals surface area contributed by atoms with Crippen molar-refractivity contribution in [3.63, 3.8) is 0 Å². The zero-order valence-corrected chi connectivity index (χ0v) is 34.6. The van der Waals surface area contributed by atoms with Crippen LogP contribution in [-0.2, 0) is 0 Å². The van der Waals surface area contributed by atoms with Crippen LogP contribution in [0.1, 0.15) is 5.56 Å². The number of hydrogen-bond donors (Lipinski definition) is 0. The Labute approximate surface area is 370 Å². The van der Waals surface area contributed by atoms with E-state index in [1.54, 1.807) is 0 Å². The van der Waals surface area contributed by atoms with Crippen LogP contribution in [0.2, 0.25) is 0 Å². The molecule has 0 saturated heterocycles. The molecule has 0 bridgehead atoms. The van der Waals surface area contributed by atoms with Gasteiger partial charge in [-0.1, -0.05) is 146 Å². The molecule has 5 heteroatoms. The molecule has 0 fully saturated rings. The summed E-state index contributed by atoms with van der Waals surface area (Å²) in [6.07, 6.45) is 0. The molecule has 0 aliphatic heterocycles. The second-order valence-corrected chi connectivity index (χ2v) is 16.2. The maximum absolute atomic E-state index is 9.47. The van der Waals surface area contributed by atoms with Crippen molar-refractivity contribution >= 4 is 43.6 Å². The van der Waals surface area contributed by atoms with E-state index in [-0.39, 0.29) is 0 Å². The first-order valence-electron chi connectivity index (χ1n) is 21.5. The van der Waals surface area contributed by atoms with Crippen LogP contribution in [0.3, 0.4) is 0 Å². The Hall–Kier alpha value is -8.85. The summed E-state index contributed by atoms with van der Waals surface area (Å²) in [5.41, 5.74) is 16.7. The molecule has 0 spiro atoms. The van der Waals surface area contributed by atoms with E-state index in [0.717, 1.165) is 72.3 Å². The minimum absolute atomic E-state index is 0.586. The van der Waals surface area contributed by atoms with Crippen molar-refractivity contribution in [3.05, 3.63) is 230 Å². The fourth-order valence-corrected chi connectivity index (χ4v) is 9.29. The van der Waals surface area contributed by atoms with Crippen molar-refractivity contribution in [1.82, 2.24) is 19.1 Å². The smallest absolute Gasteiger partial charge is 0.235 e. The molecule has 0 atom stereocenters. The SMILES string of the molecule is N#Cc1ccc(-c2cc(-c3ccccc3)nc(-n3c4ccccc4c4cc(-c5cccc(-c6cccc(-c7ccc8c(c7)c7ccccc7n8-c7ccccc7)c6)c5)ccc43)n2)cc1. The summed E-state index contributed by atoms with van der Waals surface area (Å²) in [5.74, 6) is 0.586. The van der Waals surface area contributed by atoms with Crippen LogP contribution < -0.4 is 0 Å². The summed E-state index contributed by atoms with van der Waals surface area (Å²) in [7, 11) is 0. The molecule has 0 saturated carbocycles. The van der Waals surface area contributed by atoms with Gasteiger partial charge in [0.15, 0.2) is 0 Å². The molecule has 3 aromatic heterocycles. The van der Waals surface area contributed by atoms with Crippen LogP contribution >= 0.6 is 0 Å². The highest BCUT2D eigenvalue weighted by atomic mass is 15.2. The second-order valence-electron chi connectivity index (χ2n) is 16.2. The van der Waals surface area contributed by atoms with Crippen LogP contribution in [0.15, 0.2) is 224 Å². The van der Waals surface area contributed by atoms with Gasteiger partial charge in [-0.15, -0.1) is 0 Å². The van der Waals surface area contributed by atoms with Gasteiger partial charge in [-0.2, -0.15) is 5.26 Å². The first-order chi connectivity index (χ1) is 31.7. The maximum Gasteiger partial charge on any atom is 0.235 e. The van der Waals surface area contributed by atoms with Gasteiger partial charge in [-0.3, -0.25) is 4.57 Å². The Kier molecular flexibility index (Phi) is 8.81. The topological polar surface area (TPSA) is 59.4 Å². The molecule has 3 heterocycles.